The number of nitrogens with one attached hydrogen (secondary N) is 2. The quantitative estimate of drug-likeness (QED) is 0.210. The van der Waals surface area contributed by atoms with E-state index in [1.165, 1.54) is 0 Å². The van der Waals surface area contributed by atoms with Crippen LogP contribution in [0.15, 0.2) is 30.0 Å². The van der Waals surface area contributed by atoms with Crippen molar-refractivity contribution in [2.24, 2.45) is 0 Å². The number of ether oxygens (including phenoxy) is 3. The summed E-state index contributed by atoms with van der Waals surface area (Å²) in [6.45, 7) is 3.06. The lowest BCUT2D eigenvalue weighted by Crippen LogP contribution is -2.61. The lowest BCUT2D eigenvalue weighted by molar-refractivity contribution is -0.392. The average molecular weight is 576 g/mol. The first-order valence-electron chi connectivity index (χ1n) is 10.3. The van der Waals surface area contributed by atoms with Crippen LogP contribution in [0.25, 0.3) is 0 Å². The van der Waals surface area contributed by atoms with Crippen LogP contribution in [0.5, 0.6) is 5.75 Å². The Morgan fingerprint density at radius 3 is 1.53 bits per heavy atom. The Morgan fingerprint density at radius 2 is 1.16 bits per heavy atom. The highest BCUT2D eigenvalue weighted by atomic mass is 19.4. The fourth-order valence-corrected chi connectivity index (χ4v) is 2.28. The SMILES string of the molecule is CCCOC(=O)Nc1cc(NC(=O)OCCC)cc(OC(F)=C(F)C(F)(F)C(F)(F)C(F)(F)C(F)(F)F)c1. The lowest BCUT2D eigenvalue weighted by Gasteiger charge is -2.32. The highest BCUT2D eigenvalue weighted by molar-refractivity contribution is 5.89. The molecule has 1 rings (SSSR count). The molecule has 0 aliphatic rings. The van der Waals surface area contributed by atoms with Gasteiger partial charge in [-0.2, -0.15) is 48.3 Å². The van der Waals surface area contributed by atoms with Gasteiger partial charge in [-0.15, -0.1) is 0 Å². The Morgan fingerprint density at radius 1 is 0.737 bits per heavy atom. The third-order valence-corrected chi connectivity index (χ3v) is 4.07. The van der Waals surface area contributed by atoms with E-state index in [9.17, 15) is 57.9 Å². The second-order valence-electron chi connectivity index (χ2n) is 7.18. The topological polar surface area (TPSA) is 85.9 Å². The first kappa shape index (κ1) is 32.6. The van der Waals surface area contributed by atoms with Gasteiger partial charge < -0.3 is 14.2 Å². The smallest absolute Gasteiger partial charge is 0.449 e. The number of hydrogen-bond donors (Lipinski definition) is 2. The predicted molar refractivity (Wildman–Crippen MR) is 108 cm³/mol. The molecular weight excluding hydrogens is 557 g/mol. The van der Waals surface area contributed by atoms with Crippen LogP contribution in [-0.2, 0) is 9.47 Å². The first-order valence-corrected chi connectivity index (χ1v) is 10.3. The molecule has 0 aliphatic heterocycles. The van der Waals surface area contributed by atoms with E-state index in [0.717, 1.165) is 6.07 Å². The Kier molecular flexibility index (Phi) is 10.6. The number of benzene rings is 1. The van der Waals surface area contributed by atoms with Crippen LogP contribution in [0.2, 0.25) is 0 Å². The van der Waals surface area contributed by atoms with E-state index >= 15 is 0 Å². The normalized spacial score (nSPS) is 13.4. The molecule has 0 heterocycles. The highest BCUT2D eigenvalue weighted by Gasteiger charge is 2.83. The van der Waals surface area contributed by atoms with Crippen molar-refractivity contribution in [2.75, 3.05) is 23.8 Å². The minimum Gasteiger partial charge on any atom is -0.449 e. The molecule has 0 fully saturated rings. The van der Waals surface area contributed by atoms with Crippen molar-refractivity contribution >= 4 is 23.6 Å². The van der Waals surface area contributed by atoms with Gasteiger partial charge in [-0.05, 0) is 18.9 Å². The van der Waals surface area contributed by atoms with Gasteiger partial charge in [0.2, 0.25) is 5.83 Å². The second kappa shape index (κ2) is 12.4. The van der Waals surface area contributed by atoms with Gasteiger partial charge in [0.1, 0.15) is 5.75 Å². The summed E-state index contributed by atoms with van der Waals surface area (Å²) in [5.74, 6) is -27.3. The van der Waals surface area contributed by atoms with Crippen LogP contribution in [0.1, 0.15) is 26.7 Å². The van der Waals surface area contributed by atoms with E-state index in [0.29, 0.717) is 25.0 Å². The number of carbonyl (C=O) groups excluding carboxylic acids is 2. The van der Waals surface area contributed by atoms with Gasteiger partial charge in [-0.25, -0.2) is 9.59 Å². The summed E-state index contributed by atoms with van der Waals surface area (Å²) in [5.41, 5.74) is -0.911. The van der Waals surface area contributed by atoms with Gasteiger partial charge in [0.15, 0.2) is 0 Å². The number of rotatable bonds is 11. The number of hydrogen-bond acceptors (Lipinski definition) is 5. The van der Waals surface area contributed by atoms with E-state index in [4.69, 9.17) is 0 Å². The summed E-state index contributed by atoms with van der Waals surface area (Å²) in [4.78, 5) is 23.5. The van der Waals surface area contributed by atoms with Gasteiger partial charge in [-0.3, -0.25) is 10.6 Å². The molecule has 0 unspecified atom stereocenters. The van der Waals surface area contributed by atoms with Crippen LogP contribution in [-0.4, -0.2) is 49.3 Å². The van der Waals surface area contributed by atoms with E-state index in [1.54, 1.807) is 13.8 Å². The maximum Gasteiger partial charge on any atom is 0.460 e. The molecule has 38 heavy (non-hydrogen) atoms. The second-order valence-corrected chi connectivity index (χ2v) is 7.18. The molecular formula is C20H19F11N2O5. The summed E-state index contributed by atoms with van der Waals surface area (Å²) in [5, 5.41) is 4.02. The Hall–Kier alpha value is -3.47. The third-order valence-electron chi connectivity index (χ3n) is 4.07. The molecule has 0 saturated heterocycles. The van der Waals surface area contributed by atoms with E-state index < -0.39 is 65.1 Å². The van der Waals surface area contributed by atoms with Crippen LogP contribution in [0.4, 0.5) is 69.3 Å². The monoisotopic (exact) mass is 576 g/mol. The molecule has 0 atom stereocenters. The molecule has 18 heteroatoms. The molecule has 0 radical (unpaired) electrons. The minimum atomic E-state index is -7.49. The molecule has 0 spiro atoms. The summed E-state index contributed by atoms with van der Waals surface area (Å²) in [7, 11) is 0. The van der Waals surface area contributed by atoms with Gasteiger partial charge >= 0.3 is 42.1 Å². The standard InChI is InChI=1S/C20H19F11N2O5/c1-3-5-36-15(34)32-10-7-11(33-16(35)37-6-4-2)9-12(8-10)38-14(22)13(21)17(23,24)18(25,26)19(27,28)20(29,30)31/h7-9H,3-6H2,1-2H3,(H,32,34)(H,33,35). The number of amides is 2. The summed E-state index contributed by atoms with van der Waals surface area (Å²) in [6, 6.07) is -1.32. The fraction of sp³-hybridized carbons (Fsp3) is 0.500. The van der Waals surface area contributed by atoms with E-state index in [2.05, 4.69) is 14.2 Å². The lowest BCUT2D eigenvalue weighted by atomic mass is 10.0. The van der Waals surface area contributed by atoms with Crippen LogP contribution < -0.4 is 15.4 Å². The van der Waals surface area contributed by atoms with Crippen molar-refractivity contribution in [2.45, 2.75) is 50.6 Å². The predicted octanol–water partition coefficient (Wildman–Crippen LogP) is 7.56. The Bertz CT molecular complexity index is 989. The number of allylic oxidation sites excluding steroid dienone is 1. The number of halogens is 11. The third kappa shape index (κ3) is 7.53. The zero-order valence-electron chi connectivity index (χ0n) is 19.3. The molecule has 216 valence electrons. The van der Waals surface area contributed by atoms with Crippen molar-refractivity contribution in [1.82, 2.24) is 0 Å². The molecule has 7 nitrogen and oxygen atoms in total. The Balaban J connectivity index is 3.42. The molecule has 1 aromatic rings. The summed E-state index contributed by atoms with van der Waals surface area (Å²) >= 11 is 0. The number of carbonyl (C=O) groups is 2. The first-order chi connectivity index (χ1) is 17.3. The number of alkyl halides is 9. The van der Waals surface area contributed by atoms with E-state index in [1.807, 2.05) is 10.6 Å². The maximum atomic E-state index is 14.0. The molecule has 0 aliphatic carbocycles. The molecule has 0 saturated carbocycles. The van der Waals surface area contributed by atoms with Gasteiger partial charge in [0.05, 0.1) is 13.2 Å². The van der Waals surface area contributed by atoms with Crippen molar-refractivity contribution in [3.8, 4) is 5.75 Å². The highest BCUT2D eigenvalue weighted by Crippen LogP contribution is 2.55. The van der Waals surface area contributed by atoms with Crippen molar-refractivity contribution < 1.29 is 72.1 Å². The minimum absolute atomic E-state index is 0.0924. The van der Waals surface area contributed by atoms with Crippen LogP contribution >= 0.6 is 0 Å². The zero-order chi connectivity index (χ0) is 29.5. The fourth-order valence-electron chi connectivity index (χ4n) is 2.28. The van der Waals surface area contributed by atoms with Crippen molar-refractivity contribution in [3.05, 3.63) is 30.0 Å². The van der Waals surface area contributed by atoms with Crippen LogP contribution in [0, 0.1) is 0 Å². The Labute approximate surface area is 206 Å². The average Bonchev–Trinajstić information content (AvgIpc) is 2.79. The molecule has 0 bridgehead atoms. The largest absolute Gasteiger partial charge is 0.460 e. The van der Waals surface area contributed by atoms with Crippen molar-refractivity contribution in [1.29, 1.82) is 0 Å². The van der Waals surface area contributed by atoms with Crippen LogP contribution in [0.3, 0.4) is 0 Å². The van der Waals surface area contributed by atoms with Gasteiger partial charge in [-0.1, -0.05) is 13.8 Å². The van der Waals surface area contributed by atoms with E-state index in [-0.39, 0.29) is 13.2 Å². The van der Waals surface area contributed by atoms with Crippen molar-refractivity contribution in [3.63, 3.8) is 0 Å². The molecule has 2 amide bonds. The molecule has 1 aromatic carbocycles. The molecule has 0 aromatic heterocycles. The zero-order valence-corrected chi connectivity index (χ0v) is 19.3. The van der Waals surface area contributed by atoms with Gasteiger partial charge in [0, 0.05) is 23.5 Å². The molecule has 2 N–H and O–H groups in total. The summed E-state index contributed by atoms with van der Waals surface area (Å²) in [6.07, 6.45) is -8.82. The summed E-state index contributed by atoms with van der Waals surface area (Å²) < 4.78 is 158. The van der Waals surface area contributed by atoms with Gasteiger partial charge in [0.25, 0.3) is 0 Å². The number of anilines is 2. The maximum absolute atomic E-state index is 14.0.